The number of ketones is 1. The van der Waals surface area contributed by atoms with Gasteiger partial charge in [0, 0.05) is 11.8 Å². The monoisotopic (exact) mass is 262 g/mol. The Kier molecular flexibility index (Phi) is 1.49. The molecule has 0 amide bonds. The minimum atomic E-state index is -0.882. The molecule has 8 bridgehead atoms. The Morgan fingerprint density at radius 1 is 0.947 bits per heavy atom. The first kappa shape index (κ1) is 10.4. The summed E-state index contributed by atoms with van der Waals surface area (Å²) in [6.45, 7) is 0. The molecule has 7 aliphatic rings. The first-order chi connectivity index (χ1) is 9.09. The molecule has 7 rings (SSSR count). The van der Waals surface area contributed by atoms with E-state index in [1.165, 1.54) is 7.11 Å². The number of carbonyl (C=O) groups excluding carboxylic acids is 2. The molecule has 7 aliphatic carbocycles. The van der Waals surface area contributed by atoms with Gasteiger partial charge in [-0.05, 0) is 35.5 Å². The Morgan fingerprint density at radius 3 is 1.84 bits per heavy atom. The Morgan fingerprint density at radius 2 is 1.42 bits per heavy atom. The maximum absolute atomic E-state index is 12.1. The molecular weight excluding hydrogens is 248 g/mol. The minimum absolute atomic E-state index is 0.0503. The highest BCUT2D eigenvalue weighted by Crippen LogP contribution is 2.86. The number of rotatable bonds is 2. The number of Topliss-reactive ketones (excluding diaryl/α,β-unsaturated/α-hetero) is 1. The fourth-order valence-corrected chi connectivity index (χ4v) is 6.39. The maximum atomic E-state index is 12.1. The standard InChI is InChI=1S/C14H14O5/c1-19-14(18)11-7-4-2-6(10(11)13(16)17)3-5(7)9(3)12(15)8(2)4/h2-11H,1H3,(H,16,17)/t2?,3?,4?,5?,6?,7?,8?,9?,10-,11+/m0/s1. The zero-order chi connectivity index (χ0) is 13.2. The predicted molar refractivity (Wildman–Crippen MR) is 59.6 cm³/mol. The van der Waals surface area contributed by atoms with Crippen LogP contribution in [0.1, 0.15) is 0 Å². The summed E-state index contributed by atoms with van der Waals surface area (Å²) in [6, 6.07) is 0. The van der Waals surface area contributed by atoms with E-state index in [0.717, 1.165) is 0 Å². The molecule has 0 aromatic rings. The second kappa shape index (κ2) is 2.72. The molecular formula is C14H14O5. The molecule has 0 aromatic carbocycles. The third-order valence-electron chi connectivity index (χ3n) is 6.68. The van der Waals surface area contributed by atoms with E-state index in [1.54, 1.807) is 0 Å². The molecule has 0 radical (unpaired) electrons. The van der Waals surface area contributed by atoms with Crippen molar-refractivity contribution in [3.63, 3.8) is 0 Å². The van der Waals surface area contributed by atoms with Crippen LogP contribution in [-0.2, 0) is 19.1 Å². The van der Waals surface area contributed by atoms with E-state index in [4.69, 9.17) is 4.74 Å². The van der Waals surface area contributed by atoms with Gasteiger partial charge in [-0.1, -0.05) is 0 Å². The molecule has 6 unspecified atom stereocenters. The highest BCUT2D eigenvalue weighted by molar-refractivity contribution is 5.95. The summed E-state index contributed by atoms with van der Waals surface area (Å²) in [7, 11) is 1.32. The van der Waals surface area contributed by atoms with E-state index in [9.17, 15) is 19.5 Å². The topological polar surface area (TPSA) is 80.7 Å². The van der Waals surface area contributed by atoms with Gasteiger partial charge < -0.3 is 9.84 Å². The second-order valence-corrected chi connectivity index (χ2v) is 6.83. The average molecular weight is 262 g/mol. The van der Waals surface area contributed by atoms with E-state index in [1.807, 2.05) is 0 Å². The average Bonchev–Trinajstić information content (AvgIpc) is 3.26. The lowest BCUT2D eigenvalue weighted by molar-refractivity contribution is -0.169. The molecule has 100 valence electrons. The van der Waals surface area contributed by atoms with E-state index < -0.39 is 17.8 Å². The van der Waals surface area contributed by atoms with Crippen molar-refractivity contribution in [2.24, 2.45) is 59.2 Å². The van der Waals surface area contributed by atoms with Crippen molar-refractivity contribution in [1.29, 1.82) is 0 Å². The van der Waals surface area contributed by atoms with Crippen molar-refractivity contribution in [1.82, 2.24) is 0 Å². The smallest absolute Gasteiger partial charge is 0.309 e. The van der Waals surface area contributed by atoms with Crippen LogP contribution in [-0.4, -0.2) is 29.9 Å². The van der Waals surface area contributed by atoms with E-state index >= 15 is 0 Å². The van der Waals surface area contributed by atoms with Gasteiger partial charge in [0.2, 0.25) is 0 Å². The number of aliphatic carboxylic acids is 1. The Hall–Kier alpha value is -1.39. The van der Waals surface area contributed by atoms with E-state index in [0.29, 0.717) is 5.78 Å². The molecule has 0 heterocycles. The molecule has 1 N–H and O–H groups in total. The normalized spacial score (nSPS) is 61.6. The van der Waals surface area contributed by atoms with Gasteiger partial charge in [-0.15, -0.1) is 0 Å². The van der Waals surface area contributed by atoms with Crippen molar-refractivity contribution >= 4 is 17.7 Å². The summed E-state index contributed by atoms with van der Waals surface area (Å²) in [6.07, 6.45) is 0. The fraction of sp³-hybridized carbons (Fsp3) is 0.786. The highest BCUT2D eigenvalue weighted by atomic mass is 16.5. The number of hydrogen-bond acceptors (Lipinski definition) is 4. The summed E-state index contributed by atoms with van der Waals surface area (Å²) in [4.78, 5) is 35.8. The summed E-state index contributed by atoms with van der Waals surface area (Å²) >= 11 is 0. The SMILES string of the molecule is COC(=O)[C@@H]1C2C3C4C(=O)C5C2C5C(C43)[C@@H]1C(=O)O. The number of esters is 1. The van der Waals surface area contributed by atoms with Gasteiger partial charge in [0.25, 0.3) is 0 Å². The Bertz CT molecular complexity index is 528. The van der Waals surface area contributed by atoms with Crippen molar-refractivity contribution in [2.45, 2.75) is 0 Å². The minimum Gasteiger partial charge on any atom is -0.481 e. The summed E-state index contributed by atoms with van der Waals surface area (Å²) in [5.41, 5.74) is 0. The van der Waals surface area contributed by atoms with E-state index in [-0.39, 0.29) is 53.3 Å². The van der Waals surface area contributed by atoms with Crippen molar-refractivity contribution in [3.8, 4) is 0 Å². The number of ether oxygens (including phenoxy) is 1. The van der Waals surface area contributed by atoms with Gasteiger partial charge in [-0.2, -0.15) is 0 Å². The molecule has 5 nitrogen and oxygen atoms in total. The van der Waals surface area contributed by atoms with Crippen LogP contribution in [0, 0.1) is 59.2 Å². The number of carboxylic acids is 1. The Labute approximate surface area is 109 Å². The van der Waals surface area contributed by atoms with Gasteiger partial charge >= 0.3 is 11.9 Å². The molecule has 5 heteroatoms. The van der Waals surface area contributed by atoms with Gasteiger partial charge in [-0.3, -0.25) is 14.4 Å². The van der Waals surface area contributed by atoms with Crippen LogP contribution in [0.4, 0.5) is 0 Å². The lowest BCUT2D eigenvalue weighted by atomic mass is 9.58. The molecule has 7 saturated carbocycles. The number of methoxy groups -OCH3 is 1. The van der Waals surface area contributed by atoms with Crippen LogP contribution in [0.3, 0.4) is 0 Å². The lowest BCUT2D eigenvalue weighted by Crippen LogP contribution is -2.50. The van der Waals surface area contributed by atoms with Crippen LogP contribution >= 0.6 is 0 Å². The third-order valence-corrected chi connectivity index (χ3v) is 6.68. The van der Waals surface area contributed by atoms with Gasteiger partial charge in [0.05, 0.1) is 18.9 Å². The van der Waals surface area contributed by atoms with Crippen LogP contribution in [0.5, 0.6) is 0 Å². The molecule has 0 aromatic heterocycles. The largest absolute Gasteiger partial charge is 0.481 e. The zero-order valence-electron chi connectivity index (χ0n) is 10.4. The van der Waals surface area contributed by atoms with Crippen LogP contribution in [0.15, 0.2) is 0 Å². The first-order valence-electron chi connectivity index (χ1n) is 6.94. The number of carboxylic acid groups (broad SMARTS) is 1. The van der Waals surface area contributed by atoms with Crippen LogP contribution < -0.4 is 0 Å². The fourth-order valence-electron chi connectivity index (χ4n) is 6.39. The number of carbonyl (C=O) groups is 3. The van der Waals surface area contributed by atoms with E-state index in [2.05, 4.69) is 0 Å². The number of hydrogen-bond donors (Lipinski definition) is 1. The van der Waals surface area contributed by atoms with Gasteiger partial charge in [0.1, 0.15) is 5.78 Å². The van der Waals surface area contributed by atoms with Gasteiger partial charge in [-0.25, -0.2) is 0 Å². The van der Waals surface area contributed by atoms with Crippen LogP contribution in [0.2, 0.25) is 0 Å². The zero-order valence-corrected chi connectivity index (χ0v) is 10.4. The number of fused-ring (bicyclic) bond motifs is 1. The van der Waals surface area contributed by atoms with Crippen LogP contribution in [0.25, 0.3) is 0 Å². The molecule has 7 fully saturated rings. The molecule has 0 aliphatic heterocycles. The first-order valence-corrected chi connectivity index (χ1v) is 6.94. The quantitative estimate of drug-likeness (QED) is 0.711. The second-order valence-electron chi connectivity index (χ2n) is 6.83. The van der Waals surface area contributed by atoms with Crippen molar-refractivity contribution in [3.05, 3.63) is 0 Å². The molecule has 19 heavy (non-hydrogen) atoms. The van der Waals surface area contributed by atoms with Crippen molar-refractivity contribution < 1.29 is 24.2 Å². The Balaban J connectivity index is 1.65. The van der Waals surface area contributed by atoms with Gasteiger partial charge in [0.15, 0.2) is 0 Å². The highest BCUT2D eigenvalue weighted by Gasteiger charge is 2.88. The summed E-state index contributed by atoms with van der Waals surface area (Å²) < 4.78 is 4.85. The summed E-state index contributed by atoms with van der Waals surface area (Å²) in [5.74, 6) is -0.631. The van der Waals surface area contributed by atoms with Crippen molar-refractivity contribution in [2.75, 3.05) is 7.11 Å². The lowest BCUT2D eigenvalue weighted by Gasteiger charge is -2.44. The third kappa shape index (κ3) is 0.849. The predicted octanol–water partition coefficient (Wildman–Crippen LogP) is 0.0431. The summed E-state index contributed by atoms with van der Waals surface area (Å²) in [5, 5.41) is 9.52. The molecule has 8 atom stereocenters. The maximum Gasteiger partial charge on any atom is 0.309 e. The molecule has 0 saturated heterocycles. The molecule has 0 spiro atoms.